The summed E-state index contributed by atoms with van der Waals surface area (Å²) in [5, 5.41) is 6.73. The molecular weight excluding hydrogens is 272 g/mol. The molecule has 15 heavy (non-hydrogen) atoms. The number of hydrogen-bond donors (Lipinski definition) is 2. The van der Waals surface area contributed by atoms with Gasteiger partial charge in [0.15, 0.2) is 0 Å². The summed E-state index contributed by atoms with van der Waals surface area (Å²) in [7, 11) is 2.01. The van der Waals surface area contributed by atoms with Crippen molar-refractivity contribution in [2.75, 3.05) is 20.1 Å². The molecule has 1 aromatic rings. The fourth-order valence-electron chi connectivity index (χ4n) is 1.50. The van der Waals surface area contributed by atoms with Crippen LogP contribution in [0, 0.1) is 5.92 Å². The van der Waals surface area contributed by atoms with E-state index < -0.39 is 0 Å². The van der Waals surface area contributed by atoms with Crippen LogP contribution in [-0.2, 0) is 6.54 Å². The maximum atomic E-state index is 3.50. The van der Waals surface area contributed by atoms with E-state index in [1.54, 1.807) is 11.3 Å². The number of nitrogens with one attached hydrogen (secondary N) is 2. The van der Waals surface area contributed by atoms with E-state index in [9.17, 15) is 0 Å². The maximum Gasteiger partial charge on any atom is 0.0701 e. The first-order valence-corrected chi connectivity index (χ1v) is 6.96. The van der Waals surface area contributed by atoms with E-state index in [0.29, 0.717) is 0 Å². The van der Waals surface area contributed by atoms with Crippen molar-refractivity contribution in [2.24, 2.45) is 5.92 Å². The number of halogens is 1. The molecule has 2 N–H and O–H groups in total. The van der Waals surface area contributed by atoms with Gasteiger partial charge in [-0.1, -0.05) is 13.3 Å². The fourth-order valence-corrected chi connectivity index (χ4v) is 2.95. The van der Waals surface area contributed by atoms with Crippen LogP contribution < -0.4 is 10.6 Å². The van der Waals surface area contributed by atoms with Crippen LogP contribution in [-0.4, -0.2) is 20.1 Å². The molecule has 4 heteroatoms. The molecule has 1 heterocycles. The third-order valence-corrected chi connectivity index (χ3v) is 4.05. The van der Waals surface area contributed by atoms with Crippen LogP contribution in [0.2, 0.25) is 0 Å². The van der Waals surface area contributed by atoms with Crippen LogP contribution in [0.3, 0.4) is 0 Å². The van der Waals surface area contributed by atoms with Crippen LogP contribution in [0.25, 0.3) is 0 Å². The lowest BCUT2D eigenvalue weighted by Gasteiger charge is -2.14. The van der Waals surface area contributed by atoms with Crippen molar-refractivity contribution in [3.05, 3.63) is 20.8 Å². The van der Waals surface area contributed by atoms with E-state index in [-0.39, 0.29) is 0 Å². The first-order valence-electron chi connectivity index (χ1n) is 5.35. The summed E-state index contributed by atoms with van der Waals surface area (Å²) in [6.07, 6.45) is 1.22. The summed E-state index contributed by atoms with van der Waals surface area (Å²) in [5.41, 5.74) is 0. The average molecular weight is 291 g/mol. The minimum Gasteiger partial charge on any atom is -0.319 e. The normalized spacial score (nSPS) is 13.0. The number of rotatable bonds is 7. The molecule has 0 saturated heterocycles. The van der Waals surface area contributed by atoms with Crippen molar-refractivity contribution in [2.45, 2.75) is 19.9 Å². The van der Waals surface area contributed by atoms with Gasteiger partial charge < -0.3 is 10.6 Å². The van der Waals surface area contributed by atoms with Gasteiger partial charge in [-0.05, 0) is 54.1 Å². The molecule has 2 nitrogen and oxygen atoms in total. The van der Waals surface area contributed by atoms with Gasteiger partial charge in [0, 0.05) is 11.4 Å². The molecule has 1 aromatic heterocycles. The van der Waals surface area contributed by atoms with Crippen LogP contribution >= 0.6 is 27.3 Å². The molecule has 0 bridgehead atoms. The van der Waals surface area contributed by atoms with Crippen molar-refractivity contribution < 1.29 is 0 Å². The maximum absolute atomic E-state index is 3.50. The Hall–Kier alpha value is 0.1000. The molecule has 0 amide bonds. The Morgan fingerprint density at radius 2 is 2.20 bits per heavy atom. The second kappa shape index (κ2) is 7.39. The lowest BCUT2D eigenvalue weighted by Crippen LogP contribution is -2.28. The highest BCUT2D eigenvalue weighted by Crippen LogP contribution is 2.21. The topological polar surface area (TPSA) is 24.1 Å². The van der Waals surface area contributed by atoms with Crippen molar-refractivity contribution in [3.63, 3.8) is 0 Å². The molecule has 0 spiro atoms. The molecule has 86 valence electrons. The predicted octanol–water partition coefficient (Wildman–Crippen LogP) is 2.85. The lowest BCUT2D eigenvalue weighted by atomic mass is 10.1. The van der Waals surface area contributed by atoms with Gasteiger partial charge in [-0.2, -0.15) is 0 Å². The summed E-state index contributed by atoms with van der Waals surface area (Å²) in [6.45, 7) is 5.41. The molecule has 1 unspecified atom stereocenters. The minimum atomic E-state index is 0.735. The standard InChI is InChI=1S/C11H19BrN2S/c1-3-9(6-13-2)7-14-8-10-4-5-11(12)15-10/h4-5,9,13-14H,3,6-8H2,1-2H3. The Morgan fingerprint density at radius 1 is 1.40 bits per heavy atom. The molecular formula is C11H19BrN2S. The lowest BCUT2D eigenvalue weighted by molar-refractivity contribution is 0.445. The summed E-state index contributed by atoms with van der Waals surface area (Å²) < 4.78 is 1.21. The van der Waals surface area contributed by atoms with E-state index in [2.05, 4.69) is 45.6 Å². The van der Waals surface area contributed by atoms with Crippen LogP contribution in [0.1, 0.15) is 18.2 Å². The Kier molecular flexibility index (Phi) is 6.48. The molecule has 0 saturated carbocycles. The van der Waals surface area contributed by atoms with Crippen molar-refractivity contribution in [1.29, 1.82) is 0 Å². The molecule has 1 rings (SSSR count). The summed E-state index contributed by atoms with van der Waals surface area (Å²) in [6, 6.07) is 4.27. The second-order valence-electron chi connectivity index (χ2n) is 3.67. The first kappa shape index (κ1) is 13.2. The first-order chi connectivity index (χ1) is 7.26. The van der Waals surface area contributed by atoms with Gasteiger partial charge in [0.25, 0.3) is 0 Å². The number of thiophene rings is 1. The van der Waals surface area contributed by atoms with Gasteiger partial charge in [-0.15, -0.1) is 11.3 Å². The van der Waals surface area contributed by atoms with Crippen LogP contribution in [0.4, 0.5) is 0 Å². The average Bonchev–Trinajstić information content (AvgIpc) is 2.63. The quantitative estimate of drug-likeness (QED) is 0.807. The van der Waals surface area contributed by atoms with Gasteiger partial charge in [0.1, 0.15) is 0 Å². The molecule has 0 aliphatic carbocycles. The Bertz CT molecular complexity index is 275. The SMILES string of the molecule is CCC(CNC)CNCc1ccc(Br)s1. The zero-order chi connectivity index (χ0) is 11.1. The second-order valence-corrected chi connectivity index (χ2v) is 6.22. The van der Waals surface area contributed by atoms with Crippen LogP contribution in [0.15, 0.2) is 15.9 Å². The van der Waals surface area contributed by atoms with E-state index in [4.69, 9.17) is 0 Å². The van der Waals surface area contributed by atoms with E-state index in [1.165, 1.54) is 15.1 Å². The van der Waals surface area contributed by atoms with E-state index in [1.807, 2.05) is 7.05 Å². The van der Waals surface area contributed by atoms with Gasteiger partial charge in [-0.25, -0.2) is 0 Å². The Labute approximate surface area is 105 Å². The Morgan fingerprint density at radius 3 is 2.73 bits per heavy atom. The zero-order valence-corrected chi connectivity index (χ0v) is 11.7. The Balaban J connectivity index is 2.20. The van der Waals surface area contributed by atoms with Crippen LogP contribution in [0.5, 0.6) is 0 Å². The van der Waals surface area contributed by atoms with Crippen molar-refractivity contribution in [1.82, 2.24) is 10.6 Å². The third kappa shape index (κ3) is 5.11. The van der Waals surface area contributed by atoms with Crippen molar-refractivity contribution >= 4 is 27.3 Å². The zero-order valence-electron chi connectivity index (χ0n) is 9.35. The molecule has 1 atom stereocenters. The molecule has 0 radical (unpaired) electrons. The monoisotopic (exact) mass is 290 g/mol. The summed E-state index contributed by atoms with van der Waals surface area (Å²) in [4.78, 5) is 1.39. The highest BCUT2D eigenvalue weighted by molar-refractivity contribution is 9.11. The predicted molar refractivity (Wildman–Crippen MR) is 71.4 cm³/mol. The molecule has 0 aromatic carbocycles. The smallest absolute Gasteiger partial charge is 0.0701 e. The van der Waals surface area contributed by atoms with E-state index in [0.717, 1.165) is 25.6 Å². The largest absolute Gasteiger partial charge is 0.319 e. The molecule has 0 aliphatic rings. The summed E-state index contributed by atoms with van der Waals surface area (Å²) in [5.74, 6) is 0.735. The molecule has 0 aliphatic heterocycles. The van der Waals surface area contributed by atoms with Crippen molar-refractivity contribution in [3.8, 4) is 0 Å². The highest BCUT2D eigenvalue weighted by Gasteiger charge is 2.04. The highest BCUT2D eigenvalue weighted by atomic mass is 79.9. The summed E-state index contributed by atoms with van der Waals surface area (Å²) >= 11 is 5.27. The van der Waals surface area contributed by atoms with Gasteiger partial charge in [0.05, 0.1) is 3.79 Å². The van der Waals surface area contributed by atoms with Gasteiger partial charge >= 0.3 is 0 Å². The van der Waals surface area contributed by atoms with E-state index >= 15 is 0 Å². The third-order valence-electron chi connectivity index (χ3n) is 2.43. The van der Waals surface area contributed by atoms with Gasteiger partial charge in [0.2, 0.25) is 0 Å². The fraction of sp³-hybridized carbons (Fsp3) is 0.636. The minimum absolute atomic E-state index is 0.735. The molecule has 0 fully saturated rings. The van der Waals surface area contributed by atoms with Gasteiger partial charge in [-0.3, -0.25) is 0 Å². The number of hydrogen-bond acceptors (Lipinski definition) is 3.